The van der Waals surface area contributed by atoms with Gasteiger partial charge in [-0.3, -0.25) is 4.99 Å². The van der Waals surface area contributed by atoms with Crippen molar-refractivity contribution in [2.45, 2.75) is 33.6 Å². The molecule has 0 spiro atoms. The third-order valence-corrected chi connectivity index (χ3v) is 4.83. The van der Waals surface area contributed by atoms with Gasteiger partial charge < -0.3 is 10.6 Å². The van der Waals surface area contributed by atoms with E-state index in [1.54, 1.807) is 0 Å². The summed E-state index contributed by atoms with van der Waals surface area (Å²) >= 11 is 6.06. The Morgan fingerprint density at radius 2 is 2.00 bits per heavy atom. The van der Waals surface area contributed by atoms with E-state index in [2.05, 4.69) is 35.5 Å². The van der Waals surface area contributed by atoms with Gasteiger partial charge in [0.05, 0.1) is 5.75 Å². The minimum Gasteiger partial charge on any atom is -0.357 e. The van der Waals surface area contributed by atoms with E-state index in [-0.39, 0.29) is 11.2 Å². The molecule has 142 valence electrons. The van der Waals surface area contributed by atoms with Gasteiger partial charge in [-0.05, 0) is 42.9 Å². The van der Waals surface area contributed by atoms with Crippen molar-refractivity contribution in [2.75, 3.05) is 31.6 Å². The minimum absolute atomic E-state index is 0.0141. The molecule has 2 N–H and O–H groups in total. The highest BCUT2D eigenvalue weighted by atomic mass is 35.5. The van der Waals surface area contributed by atoms with E-state index in [1.807, 2.05) is 25.1 Å². The van der Waals surface area contributed by atoms with E-state index >= 15 is 0 Å². The van der Waals surface area contributed by atoms with Crippen LogP contribution in [-0.4, -0.2) is 46.0 Å². The fourth-order valence-electron chi connectivity index (χ4n) is 2.43. The van der Waals surface area contributed by atoms with Crippen molar-refractivity contribution >= 4 is 27.4 Å². The minimum atomic E-state index is -2.92. The molecule has 5 nitrogen and oxygen atoms in total. The Hall–Kier alpha value is -1.27. The molecule has 1 aromatic rings. The number of rotatable bonds is 9. The second-order valence-corrected chi connectivity index (χ2v) is 9.77. The number of halogens is 1. The molecule has 0 fully saturated rings. The van der Waals surface area contributed by atoms with Gasteiger partial charge in [-0.1, -0.05) is 37.6 Å². The van der Waals surface area contributed by atoms with E-state index in [4.69, 9.17) is 11.6 Å². The number of sulfone groups is 1. The average Bonchev–Trinajstić information content (AvgIpc) is 2.47. The number of nitrogens with one attached hydrogen (secondary N) is 2. The van der Waals surface area contributed by atoms with E-state index in [1.165, 1.54) is 11.8 Å². The van der Waals surface area contributed by atoms with Gasteiger partial charge in [0, 0.05) is 30.9 Å². The quantitative estimate of drug-likeness (QED) is 0.388. The highest BCUT2D eigenvalue weighted by Crippen LogP contribution is 2.23. The van der Waals surface area contributed by atoms with E-state index < -0.39 is 9.84 Å². The van der Waals surface area contributed by atoms with Gasteiger partial charge in [0.25, 0.3) is 0 Å². The number of guanidine groups is 1. The highest BCUT2D eigenvalue weighted by molar-refractivity contribution is 7.90. The van der Waals surface area contributed by atoms with Crippen molar-refractivity contribution in [1.29, 1.82) is 0 Å². The van der Waals surface area contributed by atoms with Crippen LogP contribution in [0, 0.1) is 5.41 Å². The first-order valence-corrected chi connectivity index (χ1v) is 11.0. The summed E-state index contributed by atoms with van der Waals surface area (Å²) in [6, 6.07) is 7.90. The lowest BCUT2D eigenvalue weighted by Gasteiger charge is -2.23. The Kier molecular flexibility index (Phi) is 8.73. The highest BCUT2D eigenvalue weighted by Gasteiger charge is 2.18. The van der Waals surface area contributed by atoms with Gasteiger partial charge in [0.15, 0.2) is 5.96 Å². The average molecular weight is 388 g/mol. The third kappa shape index (κ3) is 10.3. The summed E-state index contributed by atoms with van der Waals surface area (Å²) in [4.78, 5) is 4.65. The Labute approximate surface area is 157 Å². The van der Waals surface area contributed by atoms with Crippen LogP contribution in [0.2, 0.25) is 5.02 Å². The zero-order valence-corrected chi connectivity index (χ0v) is 17.2. The van der Waals surface area contributed by atoms with Crippen molar-refractivity contribution in [1.82, 2.24) is 10.6 Å². The van der Waals surface area contributed by atoms with Gasteiger partial charge in [0.1, 0.15) is 9.84 Å². The van der Waals surface area contributed by atoms with E-state index in [9.17, 15) is 8.42 Å². The standard InChI is InChI=1S/C18H30ClN3O2S/c1-5-20-17(21-10-7-11-25(4,23)24)22-14-18(2,3)13-15-8-6-9-16(19)12-15/h6,8-9,12H,5,7,10-11,13-14H2,1-4H3,(H2,20,21,22). The molecule has 0 unspecified atom stereocenters. The van der Waals surface area contributed by atoms with Crippen LogP contribution in [0.1, 0.15) is 32.8 Å². The SMILES string of the molecule is CCNC(=NCC(C)(C)Cc1cccc(Cl)c1)NCCCS(C)(=O)=O. The van der Waals surface area contributed by atoms with E-state index in [0.717, 1.165) is 23.9 Å². The van der Waals surface area contributed by atoms with Crippen LogP contribution in [0.25, 0.3) is 0 Å². The lowest BCUT2D eigenvalue weighted by Crippen LogP contribution is -2.39. The molecule has 0 aliphatic heterocycles. The smallest absolute Gasteiger partial charge is 0.191 e. The third-order valence-electron chi connectivity index (χ3n) is 3.57. The molecule has 0 saturated carbocycles. The second-order valence-electron chi connectivity index (χ2n) is 7.08. The van der Waals surface area contributed by atoms with Gasteiger partial charge in [-0.25, -0.2) is 8.42 Å². The molecule has 0 bridgehead atoms. The van der Waals surface area contributed by atoms with Crippen LogP contribution in [0.4, 0.5) is 0 Å². The number of aliphatic imine (C=N–C) groups is 1. The van der Waals surface area contributed by atoms with Gasteiger partial charge >= 0.3 is 0 Å². The van der Waals surface area contributed by atoms with Crippen LogP contribution in [0.5, 0.6) is 0 Å². The summed E-state index contributed by atoms with van der Waals surface area (Å²) in [5, 5.41) is 7.13. The molecule has 0 aliphatic rings. The Balaban J connectivity index is 2.58. The molecular weight excluding hydrogens is 358 g/mol. The maximum absolute atomic E-state index is 11.2. The number of nitrogens with zero attached hydrogens (tertiary/aromatic N) is 1. The monoisotopic (exact) mass is 387 g/mol. The molecule has 0 atom stereocenters. The summed E-state index contributed by atoms with van der Waals surface area (Å²) in [5.74, 6) is 0.898. The van der Waals surface area contributed by atoms with Crippen LogP contribution in [-0.2, 0) is 16.3 Å². The number of benzene rings is 1. The largest absolute Gasteiger partial charge is 0.357 e. The van der Waals surface area contributed by atoms with E-state index in [0.29, 0.717) is 19.5 Å². The summed E-state index contributed by atoms with van der Waals surface area (Å²) in [6.45, 7) is 8.33. The predicted octanol–water partition coefficient (Wildman–Crippen LogP) is 2.90. The Morgan fingerprint density at radius 1 is 1.28 bits per heavy atom. The van der Waals surface area contributed by atoms with Crippen LogP contribution in [0.15, 0.2) is 29.3 Å². The summed E-state index contributed by atoms with van der Waals surface area (Å²) in [6.07, 6.45) is 2.70. The summed E-state index contributed by atoms with van der Waals surface area (Å²) < 4.78 is 22.3. The molecule has 25 heavy (non-hydrogen) atoms. The van der Waals surface area contributed by atoms with Crippen molar-refractivity contribution in [3.05, 3.63) is 34.9 Å². The first-order valence-electron chi connectivity index (χ1n) is 8.56. The van der Waals surface area contributed by atoms with Crippen LogP contribution in [0.3, 0.4) is 0 Å². The predicted molar refractivity (Wildman–Crippen MR) is 107 cm³/mol. The molecule has 1 aromatic carbocycles. The topological polar surface area (TPSA) is 70.6 Å². The molecular formula is C18H30ClN3O2S. The van der Waals surface area contributed by atoms with Crippen molar-refractivity contribution in [2.24, 2.45) is 10.4 Å². The maximum Gasteiger partial charge on any atom is 0.191 e. The fourth-order valence-corrected chi connectivity index (χ4v) is 3.31. The molecule has 0 amide bonds. The van der Waals surface area contributed by atoms with Crippen molar-refractivity contribution in [3.8, 4) is 0 Å². The van der Waals surface area contributed by atoms with Crippen LogP contribution < -0.4 is 10.6 Å². The molecule has 0 radical (unpaired) electrons. The Morgan fingerprint density at radius 3 is 2.60 bits per heavy atom. The summed E-state index contributed by atoms with van der Waals surface area (Å²) in [5.41, 5.74) is 1.18. The lowest BCUT2D eigenvalue weighted by molar-refractivity contribution is 0.377. The normalized spacial score (nSPS) is 12.9. The number of hydrogen-bond donors (Lipinski definition) is 2. The second kappa shape index (κ2) is 10.0. The first-order chi connectivity index (χ1) is 11.6. The molecule has 0 heterocycles. The van der Waals surface area contributed by atoms with Gasteiger partial charge in [-0.2, -0.15) is 0 Å². The summed E-state index contributed by atoms with van der Waals surface area (Å²) in [7, 11) is -2.92. The van der Waals surface area contributed by atoms with Gasteiger partial charge in [0.2, 0.25) is 0 Å². The van der Waals surface area contributed by atoms with Crippen molar-refractivity contribution in [3.63, 3.8) is 0 Å². The van der Waals surface area contributed by atoms with Crippen LogP contribution >= 0.6 is 11.6 Å². The number of hydrogen-bond acceptors (Lipinski definition) is 3. The Bertz CT molecular complexity index is 673. The van der Waals surface area contributed by atoms with Gasteiger partial charge in [-0.15, -0.1) is 0 Å². The zero-order chi connectivity index (χ0) is 18.9. The maximum atomic E-state index is 11.2. The molecule has 0 saturated heterocycles. The fraction of sp³-hybridized carbons (Fsp3) is 0.611. The lowest BCUT2D eigenvalue weighted by atomic mass is 9.86. The zero-order valence-electron chi connectivity index (χ0n) is 15.6. The molecule has 1 rings (SSSR count). The van der Waals surface area contributed by atoms with Crippen molar-refractivity contribution < 1.29 is 8.42 Å². The molecule has 7 heteroatoms. The first kappa shape index (κ1) is 21.8. The molecule has 0 aliphatic carbocycles. The molecule has 0 aromatic heterocycles.